The molecular weight excluding hydrogens is 729 g/mol. The van der Waals surface area contributed by atoms with Gasteiger partial charge in [0.15, 0.2) is 11.3 Å². The van der Waals surface area contributed by atoms with E-state index in [1.54, 1.807) is 7.11 Å². The van der Waals surface area contributed by atoms with Crippen LogP contribution in [0.15, 0.2) is 67.0 Å². The molecule has 15 heteroatoms. The standard InChI is InChI=1S/C22H31N7O.C21H29N7/c1-14(2)19-13-24-29-20(19)26-21(28-10-8-17(23)9-11-28)27-22(29)25-15(3)16-6-5-7-18(12-16)30-4;1-14(2)18-13-23-28-19(18)26-20(25-17-10-7-11-22-12-17)27-21(28)24-15(3)16-8-5-4-6-9-16/h5-7,12-15,17H,8-11,23H2,1-4H3,(H,25,26,27);4-6,8-9,13-15,17,22H,7,10-12H2,1-3H3,(H2,24,25,26,27)/t15-;15-,17+/m00/s1. The monoisotopic (exact) mass is 789 g/mol. The molecule has 0 unspecified atom stereocenters. The number of rotatable bonds is 12. The van der Waals surface area contributed by atoms with Gasteiger partial charge in [0, 0.05) is 42.8 Å². The topological polar surface area (TPSA) is 173 Å². The fourth-order valence-electron chi connectivity index (χ4n) is 7.45. The number of hydrogen-bond donors (Lipinski definition) is 5. The van der Waals surface area contributed by atoms with Crippen molar-refractivity contribution in [2.45, 2.75) is 103 Å². The molecule has 0 aliphatic carbocycles. The van der Waals surface area contributed by atoms with E-state index in [9.17, 15) is 0 Å². The van der Waals surface area contributed by atoms with Crippen LogP contribution >= 0.6 is 0 Å². The number of ether oxygens (including phenoxy) is 1. The second kappa shape index (κ2) is 18.4. The summed E-state index contributed by atoms with van der Waals surface area (Å²) in [6, 6.07) is 19.2. The van der Waals surface area contributed by atoms with Gasteiger partial charge < -0.3 is 36.6 Å². The van der Waals surface area contributed by atoms with E-state index in [0.717, 1.165) is 85.1 Å². The number of nitrogens with zero attached hydrogens (tertiary/aromatic N) is 9. The molecule has 0 spiro atoms. The number of aromatic nitrogens is 8. The number of benzene rings is 2. The summed E-state index contributed by atoms with van der Waals surface area (Å²) < 4.78 is 9.00. The van der Waals surface area contributed by atoms with Gasteiger partial charge in [-0.25, -0.2) is 0 Å². The molecule has 2 aliphatic heterocycles. The van der Waals surface area contributed by atoms with Gasteiger partial charge in [0.2, 0.25) is 23.8 Å². The van der Waals surface area contributed by atoms with Crippen molar-refractivity contribution in [2.75, 3.05) is 54.1 Å². The highest BCUT2D eigenvalue weighted by Gasteiger charge is 2.24. The van der Waals surface area contributed by atoms with Gasteiger partial charge in [-0.05, 0) is 81.2 Å². The van der Waals surface area contributed by atoms with Crippen molar-refractivity contribution in [3.8, 4) is 5.75 Å². The lowest BCUT2D eigenvalue weighted by atomic mass is 10.1. The Morgan fingerprint density at radius 2 is 1.36 bits per heavy atom. The van der Waals surface area contributed by atoms with Crippen molar-refractivity contribution in [3.63, 3.8) is 0 Å². The Labute approximate surface area is 341 Å². The first-order valence-electron chi connectivity index (χ1n) is 20.8. The fourth-order valence-corrected chi connectivity index (χ4v) is 7.45. The maximum atomic E-state index is 6.09. The molecule has 3 atom stereocenters. The molecule has 2 aliphatic rings. The summed E-state index contributed by atoms with van der Waals surface area (Å²) in [4.78, 5) is 21.5. The van der Waals surface area contributed by atoms with E-state index in [-0.39, 0.29) is 18.1 Å². The Hall–Kier alpha value is -5.54. The molecule has 2 fully saturated rings. The van der Waals surface area contributed by atoms with Crippen LogP contribution in [0.25, 0.3) is 11.3 Å². The molecular formula is C43H60N14O. The SMILES string of the molecule is CC(C)c1cnn2c(N[C@@H](C)c3ccccc3)nc(N[C@@H]3CCCNC3)nc12.COc1cccc([C@H](C)Nc2nc(N3CCC(N)CC3)nc3c(C(C)C)cnn23)c1. The van der Waals surface area contributed by atoms with Gasteiger partial charge in [-0.15, -0.1) is 0 Å². The molecule has 6 aromatic rings. The Bertz CT molecular complexity index is 2240. The lowest BCUT2D eigenvalue weighted by Crippen LogP contribution is -2.40. The van der Waals surface area contributed by atoms with E-state index in [1.165, 1.54) is 12.0 Å². The number of anilines is 4. The van der Waals surface area contributed by atoms with Crippen LogP contribution in [0, 0.1) is 0 Å². The van der Waals surface area contributed by atoms with Crippen molar-refractivity contribution in [1.29, 1.82) is 0 Å². The van der Waals surface area contributed by atoms with E-state index in [2.05, 4.69) is 108 Å². The minimum Gasteiger partial charge on any atom is -0.497 e. The smallest absolute Gasteiger partial charge is 0.230 e. The Morgan fingerprint density at radius 1 is 0.741 bits per heavy atom. The van der Waals surface area contributed by atoms with E-state index in [1.807, 2.05) is 45.7 Å². The molecule has 0 radical (unpaired) electrons. The number of fused-ring (bicyclic) bond motifs is 2. The molecule has 308 valence electrons. The summed E-state index contributed by atoms with van der Waals surface area (Å²) in [5.41, 5.74) is 12.4. The molecule has 2 aromatic carbocycles. The molecule has 6 heterocycles. The maximum Gasteiger partial charge on any atom is 0.230 e. The quantitative estimate of drug-likeness (QED) is 0.0864. The molecule has 4 aromatic heterocycles. The minimum atomic E-state index is 0.0209. The zero-order valence-electron chi connectivity index (χ0n) is 35.0. The summed E-state index contributed by atoms with van der Waals surface area (Å²) in [6.45, 7) is 16.6. The first-order valence-corrected chi connectivity index (χ1v) is 20.8. The van der Waals surface area contributed by atoms with Gasteiger partial charge >= 0.3 is 0 Å². The molecule has 2 saturated heterocycles. The number of nitrogens with two attached hydrogens (primary N) is 1. The zero-order chi connectivity index (χ0) is 40.8. The van der Waals surface area contributed by atoms with Crippen molar-refractivity contribution in [3.05, 3.63) is 89.2 Å². The highest BCUT2D eigenvalue weighted by molar-refractivity contribution is 5.58. The van der Waals surface area contributed by atoms with Gasteiger partial charge in [0.05, 0.1) is 31.6 Å². The van der Waals surface area contributed by atoms with Crippen molar-refractivity contribution < 1.29 is 4.74 Å². The summed E-state index contributed by atoms with van der Waals surface area (Å²) in [6.07, 6.45) is 7.99. The number of nitrogens with one attached hydrogen (secondary N) is 4. The molecule has 0 saturated carbocycles. The van der Waals surface area contributed by atoms with Crippen molar-refractivity contribution in [1.82, 2.24) is 44.5 Å². The second-order valence-electron chi connectivity index (χ2n) is 16.1. The van der Waals surface area contributed by atoms with Gasteiger partial charge in [-0.2, -0.15) is 39.2 Å². The van der Waals surface area contributed by atoms with E-state index < -0.39 is 0 Å². The highest BCUT2D eigenvalue weighted by Crippen LogP contribution is 2.28. The van der Waals surface area contributed by atoms with E-state index in [0.29, 0.717) is 35.7 Å². The Morgan fingerprint density at radius 3 is 1.98 bits per heavy atom. The van der Waals surface area contributed by atoms with Gasteiger partial charge in [-0.3, -0.25) is 0 Å². The third-order valence-electron chi connectivity index (χ3n) is 11.1. The summed E-state index contributed by atoms with van der Waals surface area (Å²) >= 11 is 0. The van der Waals surface area contributed by atoms with Crippen LogP contribution in [0.3, 0.4) is 0 Å². The third kappa shape index (κ3) is 9.42. The van der Waals surface area contributed by atoms with Gasteiger partial charge in [0.1, 0.15) is 5.75 Å². The van der Waals surface area contributed by atoms with Crippen LogP contribution in [0.4, 0.5) is 23.8 Å². The lowest BCUT2D eigenvalue weighted by Gasteiger charge is -2.30. The van der Waals surface area contributed by atoms with Crippen molar-refractivity contribution >= 4 is 35.1 Å². The maximum absolute atomic E-state index is 6.09. The molecule has 8 rings (SSSR count). The Kier molecular flexibility index (Phi) is 12.9. The average Bonchev–Trinajstić information content (AvgIpc) is 3.88. The number of hydrogen-bond acceptors (Lipinski definition) is 13. The molecule has 6 N–H and O–H groups in total. The minimum absolute atomic E-state index is 0.0209. The zero-order valence-corrected chi connectivity index (χ0v) is 35.0. The van der Waals surface area contributed by atoms with Crippen molar-refractivity contribution in [2.24, 2.45) is 5.73 Å². The Balaban J connectivity index is 0.000000177. The lowest BCUT2D eigenvalue weighted by molar-refractivity contribution is 0.414. The molecule has 15 nitrogen and oxygen atoms in total. The fraction of sp³-hybridized carbons (Fsp3) is 0.488. The summed E-state index contributed by atoms with van der Waals surface area (Å²) in [5.74, 6) is 4.29. The molecule has 58 heavy (non-hydrogen) atoms. The first kappa shape index (κ1) is 40.6. The van der Waals surface area contributed by atoms with Crippen LogP contribution < -0.4 is 36.6 Å². The molecule has 0 bridgehead atoms. The van der Waals surface area contributed by atoms with Crippen LogP contribution in [0.5, 0.6) is 5.75 Å². The van der Waals surface area contributed by atoms with Gasteiger partial charge in [-0.1, -0.05) is 70.2 Å². The first-order chi connectivity index (χ1) is 28.1. The number of piperidine rings is 2. The summed E-state index contributed by atoms with van der Waals surface area (Å²) in [5, 5.41) is 23.2. The predicted molar refractivity (Wildman–Crippen MR) is 232 cm³/mol. The average molecular weight is 789 g/mol. The van der Waals surface area contributed by atoms with Crippen LogP contribution in [-0.2, 0) is 0 Å². The third-order valence-corrected chi connectivity index (χ3v) is 11.1. The number of methoxy groups -OCH3 is 1. The van der Waals surface area contributed by atoms with Crippen LogP contribution in [0.2, 0.25) is 0 Å². The normalized spacial score (nSPS) is 17.3. The molecule has 0 amide bonds. The predicted octanol–water partition coefficient (Wildman–Crippen LogP) is 6.94. The van der Waals surface area contributed by atoms with Crippen LogP contribution in [0.1, 0.15) is 113 Å². The summed E-state index contributed by atoms with van der Waals surface area (Å²) in [7, 11) is 1.68. The van der Waals surface area contributed by atoms with Gasteiger partial charge in [0.25, 0.3) is 0 Å². The highest BCUT2D eigenvalue weighted by atomic mass is 16.5. The second-order valence-corrected chi connectivity index (χ2v) is 16.1. The van der Waals surface area contributed by atoms with E-state index >= 15 is 0 Å². The largest absolute Gasteiger partial charge is 0.497 e. The van der Waals surface area contributed by atoms with Crippen LogP contribution in [-0.4, -0.2) is 84.5 Å². The van der Waals surface area contributed by atoms with E-state index in [4.69, 9.17) is 30.4 Å².